The first-order chi connectivity index (χ1) is 13.2. The molecule has 148 valence electrons. The van der Waals surface area contributed by atoms with Gasteiger partial charge < -0.3 is 4.90 Å². The van der Waals surface area contributed by atoms with Crippen molar-refractivity contribution in [2.24, 2.45) is 23.7 Å². The second-order valence-electron chi connectivity index (χ2n) is 7.67. The van der Waals surface area contributed by atoms with Crippen molar-refractivity contribution in [2.45, 2.75) is 19.1 Å². The lowest BCUT2D eigenvalue weighted by Gasteiger charge is -2.23. The van der Waals surface area contributed by atoms with Gasteiger partial charge in [-0.15, -0.1) is 0 Å². The molecule has 28 heavy (non-hydrogen) atoms. The van der Waals surface area contributed by atoms with E-state index in [1.807, 2.05) is 12.2 Å². The van der Waals surface area contributed by atoms with Gasteiger partial charge in [-0.3, -0.25) is 19.3 Å². The summed E-state index contributed by atoms with van der Waals surface area (Å²) in [5.41, 5.74) is -0.843. The monoisotopic (exact) mass is 392 g/mol. The van der Waals surface area contributed by atoms with E-state index < -0.39 is 36.0 Å². The summed E-state index contributed by atoms with van der Waals surface area (Å²) in [7, 11) is 1.37. The SMILES string of the molecule is CN(Cc1ccccc1C(F)(F)F)C(=O)CN1C(=O)[C@@H]2[C@@H](C1=O)[C@H]1C=C[C@H]2C1. The van der Waals surface area contributed by atoms with Crippen LogP contribution in [0.4, 0.5) is 13.2 Å². The van der Waals surface area contributed by atoms with E-state index in [2.05, 4.69) is 0 Å². The Labute approximate surface area is 159 Å². The van der Waals surface area contributed by atoms with Gasteiger partial charge in [0.2, 0.25) is 17.7 Å². The number of amides is 3. The molecule has 1 aromatic rings. The number of likely N-dealkylation sites (N-methyl/N-ethyl adjacent to an activating group) is 1. The molecule has 1 heterocycles. The minimum atomic E-state index is -4.52. The minimum Gasteiger partial charge on any atom is -0.340 e. The second kappa shape index (κ2) is 6.46. The standard InChI is InChI=1S/C20H19F3N2O3/c1-24(9-13-4-2-3-5-14(13)20(21,22)23)15(26)10-25-18(27)16-11-6-7-12(8-11)17(16)19(25)28/h2-7,11-12,16-17H,8-10H2,1H3/t11-,12-,16-,17-/m0/s1. The van der Waals surface area contributed by atoms with Crippen molar-refractivity contribution in [3.63, 3.8) is 0 Å². The fraction of sp³-hybridized carbons (Fsp3) is 0.450. The lowest BCUT2D eigenvalue weighted by molar-refractivity contribution is -0.147. The first-order valence-electron chi connectivity index (χ1n) is 9.11. The maximum atomic E-state index is 13.1. The van der Waals surface area contributed by atoms with Gasteiger partial charge in [0.25, 0.3) is 0 Å². The van der Waals surface area contributed by atoms with Gasteiger partial charge in [-0.1, -0.05) is 30.4 Å². The third kappa shape index (κ3) is 2.91. The third-order valence-electron chi connectivity index (χ3n) is 6.01. The number of alkyl halides is 3. The summed E-state index contributed by atoms with van der Waals surface area (Å²) in [6, 6.07) is 5.04. The Kier molecular flexibility index (Phi) is 4.32. The molecule has 2 fully saturated rings. The van der Waals surface area contributed by atoms with Crippen LogP contribution < -0.4 is 0 Å². The third-order valence-corrected chi connectivity index (χ3v) is 6.01. The first kappa shape index (κ1) is 18.7. The molecule has 0 radical (unpaired) electrons. The molecule has 4 rings (SSSR count). The van der Waals surface area contributed by atoms with E-state index in [9.17, 15) is 27.6 Å². The fourth-order valence-electron chi connectivity index (χ4n) is 4.65. The fourth-order valence-corrected chi connectivity index (χ4v) is 4.65. The molecule has 0 N–H and O–H groups in total. The zero-order chi connectivity index (χ0) is 20.2. The molecule has 0 spiro atoms. The Hall–Kier alpha value is -2.64. The van der Waals surface area contributed by atoms with Crippen LogP contribution in [0.3, 0.4) is 0 Å². The average Bonchev–Trinajstić information content (AvgIpc) is 3.31. The van der Waals surface area contributed by atoms with Gasteiger partial charge in [0.1, 0.15) is 6.54 Å². The van der Waals surface area contributed by atoms with Crippen LogP contribution in [0.25, 0.3) is 0 Å². The molecule has 3 amide bonds. The number of fused-ring (bicyclic) bond motifs is 5. The van der Waals surface area contributed by atoms with Crippen molar-refractivity contribution in [2.75, 3.05) is 13.6 Å². The molecule has 2 aliphatic carbocycles. The van der Waals surface area contributed by atoms with Gasteiger partial charge in [0, 0.05) is 13.6 Å². The van der Waals surface area contributed by atoms with Crippen LogP contribution in [-0.2, 0) is 27.1 Å². The number of carbonyl (C=O) groups is 3. The number of halogens is 3. The molecular formula is C20H19F3N2O3. The van der Waals surface area contributed by atoms with Crippen LogP contribution in [-0.4, -0.2) is 41.1 Å². The average molecular weight is 392 g/mol. The highest BCUT2D eigenvalue weighted by atomic mass is 19.4. The molecular weight excluding hydrogens is 373 g/mol. The Morgan fingerprint density at radius 3 is 2.25 bits per heavy atom. The molecule has 3 aliphatic rings. The van der Waals surface area contributed by atoms with Crippen LogP contribution in [0, 0.1) is 23.7 Å². The van der Waals surface area contributed by atoms with Crippen LogP contribution in [0.1, 0.15) is 17.5 Å². The maximum Gasteiger partial charge on any atom is 0.416 e. The van der Waals surface area contributed by atoms with E-state index in [4.69, 9.17) is 0 Å². The van der Waals surface area contributed by atoms with E-state index in [-0.39, 0.29) is 35.8 Å². The Bertz CT molecular complexity index is 850. The molecule has 1 aromatic carbocycles. The summed E-state index contributed by atoms with van der Waals surface area (Å²) < 4.78 is 39.4. The number of likely N-dealkylation sites (tertiary alicyclic amines) is 1. The predicted octanol–water partition coefficient (Wildman–Crippen LogP) is 2.47. The lowest BCUT2D eigenvalue weighted by atomic mass is 9.85. The molecule has 8 heteroatoms. The highest BCUT2D eigenvalue weighted by molar-refractivity contribution is 6.08. The second-order valence-corrected chi connectivity index (χ2v) is 7.67. The maximum absolute atomic E-state index is 13.1. The van der Waals surface area contributed by atoms with Crippen molar-refractivity contribution in [3.05, 3.63) is 47.5 Å². The van der Waals surface area contributed by atoms with Crippen molar-refractivity contribution in [1.29, 1.82) is 0 Å². The smallest absolute Gasteiger partial charge is 0.340 e. The Morgan fingerprint density at radius 2 is 1.68 bits per heavy atom. The zero-order valence-electron chi connectivity index (χ0n) is 15.1. The molecule has 1 aliphatic heterocycles. The zero-order valence-corrected chi connectivity index (χ0v) is 15.1. The van der Waals surface area contributed by atoms with Gasteiger partial charge in [-0.05, 0) is 29.9 Å². The summed E-state index contributed by atoms with van der Waals surface area (Å²) in [4.78, 5) is 39.9. The van der Waals surface area contributed by atoms with Gasteiger partial charge in [-0.25, -0.2) is 0 Å². The number of rotatable bonds is 4. The van der Waals surface area contributed by atoms with E-state index in [0.717, 1.165) is 22.3 Å². The van der Waals surface area contributed by atoms with Crippen molar-refractivity contribution < 1.29 is 27.6 Å². The molecule has 1 saturated heterocycles. The van der Waals surface area contributed by atoms with E-state index in [0.29, 0.717) is 0 Å². The van der Waals surface area contributed by atoms with Crippen molar-refractivity contribution in [1.82, 2.24) is 9.80 Å². The van der Waals surface area contributed by atoms with Crippen LogP contribution >= 0.6 is 0 Å². The number of hydrogen-bond acceptors (Lipinski definition) is 3. The molecule has 1 saturated carbocycles. The normalized spacial score (nSPS) is 28.2. The van der Waals surface area contributed by atoms with Gasteiger partial charge >= 0.3 is 6.18 Å². The van der Waals surface area contributed by atoms with Gasteiger partial charge in [0.05, 0.1) is 17.4 Å². The Morgan fingerprint density at radius 1 is 1.11 bits per heavy atom. The number of nitrogens with zero attached hydrogens (tertiary/aromatic N) is 2. The summed E-state index contributed by atoms with van der Waals surface area (Å²) in [6.45, 7) is -0.695. The molecule has 2 bridgehead atoms. The molecule has 4 atom stereocenters. The Balaban J connectivity index is 1.45. The van der Waals surface area contributed by atoms with Gasteiger partial charge in [-0.2, -0.15) is 13.2 Å². The van der Waals surface area contributed by atoms with E-state index in [1.165, 1.54) is 25.2 Å². The topological polar surface area (TPSA) is 57.7 Å². The molecule has 0 aromatic heterocycles. The predicted molar refractivity (Wildman–Crippen MR) is 92.4 cm³/mol. The number of benzene rings is 1. The first-order valence-corrected chi connectivity index (χ1v) is 9.11. The highest BCUT2D eigenvalue weighted by Crippen LogP contribution is 2.52. The quantitative estimate of drug-likeness (QED) is 0.584. The minimum absolute atomic E-state index is 0.0379. The number of allylic oxidation sites excluding steroid dienone is 2. The highest BCUT2D eigenvalue weighted by Gasteiger charge is 2.59. The summed E-state index contributed by atoms with van der Waals surface area (Å²) in [5, 5.41) is 0. The van der Waals surface area contributed by atoms with Crippen LogP contribution in [0.5, 0.6) is 0 Å². The summed E-state index contributed by atoms with van der Waals surface area (Å²) >= 11 is 0. The molecule has 0 unspecified atom stereocenters. The van der Waals surface area contributed by atoms with E-state index in [1.54, 1.807) is 0 Å². The summed E-state index contributed by atoms with van der Waals surface area (Å²) in [6.07, 6.45) is 0.193. The number of imide groups is 1. The van der Waals surface area contributed by atoms with Crippen molar-refractivity contribution in [3.8, 4) is 0 Å². The number of hydrogen-bond donors (Lipinski definition) is 0. The largest absolute Gasteiger partial charge is 0.416 e. The van der Waals surface area contributed by atoms with Crippen LogP contribution in [0.15, 0.2) is 36.4 Å². The number of carbonyl (C=O) groups excluding carboxylic acids is 3. The van der Waals surface area contributed by atoms with Crippen molar-refractivity contribution >= 4 is 17.7 Å². The summed E-state index contributed by atoms with van der Waals surface area (Å²) in [5.74, 6) is -1.96. The van der Waals surface area contributed by atoms with Crippen LogP contribution in [0.2, 0.25) is 0 Å². The van der Waals surface area contributed by atoms with Gasteiger partial charge in [0.15, 0.2) is 0 Å². The lowest BCUT2D eigenvalue weighted by Crippen LogP contribution is -2.42. The molecule has 5 nitrogen and oxygen atoms in total. The van der Waals surface area contributed by atoms with E-state index >= 15 is 0 Å².